The zero-order chi connectivity index (χ0) is 19.6. The molecule has 0 radical (unpaired) electrons. The van der Waals surface area contributed by atoms with Gasteiger partial charge in [-0.3, -0.25) is 14.3 Å². The molecule has 27 heavy (non-hydrogen) atoms. The number of terminal acetylenes is 1. The Morgan fingerprint density at radius 3 is 2.52 bits per heavy atom. The summed E-state index contributed by atoms with van der Waals surface area (Å²) < 4.78 is 25.4. The Morgan fingerprint density at radius 1 is 1.11 bits per heavy atom. The lowest BCUT2D eigenvalue weighted by Gasteiger charge is -2.11. The fourth-order valence-corrected chi connectivity index (χ4v) is 3.16. The predicted molar refractivity (Wildman–Crippen MR) is 105 cm³/mol. The Labute approximate surface area is 155 Å². The second-order valence-electron chi connectivity index (χ2n) is 5.79. The van der Waals surface area contributed by atoms with Crippen molar-refractivity contribution in [1.82, 2.24) is 4.98 Å². The van der Waals surface area contributed by atoms with E-state index in [4.69, 9.17) is 6.42 Å². The second-order valence-corrected chi connectivity index (χ2v) is 7.54. The summed E-state index contributed by atoms with van der Waals surface area (Å²) in [5, 5.41) is 2.90. The molecule has 1 heterocycles. The van der Waals surface area contributed by atoms with Crippen molar-refractivity contribution in [3.05, 3.63) is 70.0 Å². The first kappa shape index (κ1) is 18.2. The fraction of sp³-hybridized carbons (Fsp3) is 0.0526. The summed E-state index contributed by atoms with van der Waals surface area (Å²) in [5.41, 5.74) is 0.858. The van der Waals surface area contributed by atoms with Gasteiger partial charge in [0.2, 0.25) is 10.0 Å². The number of hydrogen-bond acceptors (Lipinski definition) is 4. The molecule has 0 unspecified atom stereocenters. The van der Waals surface area contributed by atoms with Crippen LogP contribution in [0.4, 0.5) is 11.4 Å². The molecule has 0 aliphatic rings. The van der Waals surface area contributed by atoms with Crippen molar-refractivity contribution < 1.29 is 13.2 Å². The van der Waals surface area contributed by atoms with Crippen LogP contribution in [0.25, 0.3) is 10.9 Å². The third-order valence-corrected chi connectivity index (χ3v) is 4.33. The molecule has 0 atom stereocenters. The number of amides is 1. The van der Waals surface area contributed by atoms with E-state index in [0.29, 0.717) is 11.3 Å². The molecule has 0 bridgehead atoms. The molecule has 2 aromatic carbocycles. The number of hydrogen-bond donors (Lipinski definition) is 3. The number of pyridine rings is 1. The number of fused-ring (bicyclic) bond motifs is 1. The summed E-state index contributed by atoms with van der Waals surface area (Å²) in [4.78, 5) is 27.8. The zero-order valence-electron chi connectivity index (χ0n) is 14.2. The standard InChI is InChI=1S/C19H15N3O4S/c1-3-12-7-4-5-9-14(12)21-19(24)16-11-17(23)13-8-6-10-15(18(13)20-16)22-27(2,25)26/h1,4-11,22H,2H3,(H,20,23)(H,21,24). The lowest BCUT2D eigenvalue weighted by Crippen LogP contribution is -2.18. The molecule has 0 fully saturated rings. The van der Waals surface area contributed by atoms with Gasteiger partial charge in [-0.1, -0.05) is 24.1 Å². The van der Waals surface area contributed by atoms with Crippen LogP contribution in [-0.2, 0) is 10.0 Å². The molecule has 0 aliphatic heterocycles. The van der Waals surface area contributed by atoms with Crippen molar-refractivity contribution in [2.75, 3.05) is 16.3 Å². The molecule has 136 valence electrons. The maximum atomic E-state index is 12.6. The van der Waals surface area contributed by atoms with E-state index in [9.17, 15) is 18.0 Å². The van der Waals surface area contributed by atoms with Gasteiger partial charge < -0.3 is 10.3 Å². The van der Waals surface area contributed by atoms with Crippen molar-refractivity contribution >= 4 is 38.2 Å². The molecule has 0 saturated heterocycles. The Morgan fingerprint density at radius 2 is 1.81 bits per heavy atom. The molecule has 0 saturated carbocycles. The van der Waals surface area contributed by atoms with Crippen molar-refractivity contribution in [1.29, 1.82) is 0 Å². The van der Waals surface area contributed by atoms with Crippen LogP contribution in [-0.4, -0.2) is 25.6 Å². The highest BCUT2D eigenvalue weighted by Crippen LogP contribution is 2.21. The summed E-state index contributed by atoms with van der Waals surface area (Å²) in [6.45, 7) is 0. The van der Waals surface area contributed by atoms with E-state index in [2.05, 4.69) is 20.9 Å². The predicted octanol–water partition coefficient (Wildman–Crippen LogP) is 2.13. The van der Waals surface area contributed by atoms with E-state index >= 15 is 0 Å². The Kier molecular flexibility index (Phi) is 4.71. The van der Waals surface area contributed by atoms with Crippen LogP contribution in [0.15, 0.2) is 53.3 Å². The summed E-state index contributed by atoms with van der Waals surface area (Å²) in [7, 11) is -3.57. The molecule has 0 aliphatic carbocycles. The van der Waals surface area contributed by atoms with Crippen LogP contribution < -0.4 is 15.5 Å². The molecule has 1 amide bonds. The zero-order valence-corrected chi connectivity index (χ0v) is 15.1. The third-order valence-electron chi connectivity index (χ3n) is 3.74. The van der Waals surface area contributed by atoms with Crippen LogP contribution in [0.2, 0.25) is 0 Å². The third kappa shape index (κ3) is 3.99. The summed E-state index contributed by atoms with van der Waals surface area (Å²) in [5.74, 6) is 1.89. The molecule has 7 nitrogen and oxygen atoms in total. The van der Waals surface area contributed by atoms with Crippen molar-refractivity contribution in [3.63, 3.8) is 0 Å². The largest absolute Gasteiger partial charge is 0.349 e. The van der Waals surface area contributed by atoms with Gasteiger partial charge in [-0.2, -0.15) is 0 Å². The normalized spacial score (nSPS) is 11.0. The highest BCUT2D eigenvalue weighted by atomic mass is 32.2. The number of sulfonamides is 1. The fourth-order valence-electron chi connectivity index (χ4n) is 2.59. The number of carbonyl (C=O) groups is 1. The number of rotatable bonds is 4. The van der Waals surface area contributed by atoms with Crippen molar-refractivity contribution in [3.8, 4) is 12.3 Å². The van der Waals surface area contributed by atoms with Gasteiger partial charge in [0.05, 0.1) is 23.1 Å². The van der Waals surface area contributed by atoms with Gasteiger partial charge in [0.1, 0.15) is 5.69 Å². The van der Waals surface area contributed by atoms with Crippen LogP contribution in [0.1, 0.15) is 16.1 Å². The molecule has 3 N–H and O–H groups in total. The second kappa shape index (κ2) is 6.97. The van der Waals surface area contributed by atoms with E-state index < -0.39 is 21.4 Å². The quantitative estimate of drug-likeness (QED) is 0.602. The number of aromatic amines is 1. The molecule has 3 rings (SSSR count). The van der Waals surface area contributed by atoms with Gasteiger partial charge in [0.25, 0.3) is 5.91 Å². The summed E-state index contributed by atoms with van der Waals surface area (Å²) in [6, 6.07) is 12.5. The van der Waals surface area contributed by atoms with E-state index in [0.717, 1.165) is 12.3 Å². The molecular weight excluding hydrogens is 366 g/mol. The first-order valence-corrected chi connectivity index (χ1v) is 9.68. The number of carbonyl (C=O) groups excluding carboxylic acids is 1. The lowest BCUT2D eigenvalue weighted by molar-refractivity contribution is 0.102. The smallest absolute Gasteiger partial charge is 0.272 e. The molecule has 8 heteroatoms. The number of aromatic nitrogens is 1. The van der Waals surface area contributed by atoms with Crippen LogP contribution in [0.5, 0.6) is 0 Å². The Hall–Kier alpha value is -3.57. The van der Waals surface area contributed by atoms with Gasteiger partial charge in [0, 0.05) is 17.0 Å². The van der Waals surface area contributed by atoms with E-state index in [1.165, 1.54) is 12.1 Å². The topological polar surface area (TPSA) is 108 Å². The van der Waals surface area contributed by atoms with Gasteiger partial charge >= 0.3 is 0 Å². The van der Waals surface area contributed by atoms with Gasteiger partial charge in [-0.25, -0.2) is 8.42 Å². The van der Waals surface area contributed by atoms with E-state index in [-0.39, 0.29) is 22.3 Å². The molecule has 3 aromatic rings. The molecule has 1 aromatic heterocycles. The maximum absolute atomic E-state index is 12.6. The SMILES string of the molecule is C#Cc1ccccc1NC(=O)c1cc(=O)c2cccc(NS(C)(=O)=O)c2[nH]1. The number of anilines is 2. The number of H-pyrrole nitrogens is 1. The average Bonchev–Trinajstić information content (AvgIpc) is 2.61. The van der Waals surface area contributed by atoms with Crippen LogP contribution in [0, 0.1) is 12.3 Å². The Balaban J connectivity index is 2.07. The summed E-state index contributed by atoms with van der Waals surface area (Å²) >= 11 is 0. The van der Waals surface area contributed by atoms with Gasteiger partial charge in [-0.05, 0) is 24.3 Å². The number of para-hydroxylation sites is 2. The first-order chi connectivity index (χ1) is 12.8. The molecular formula is C19H15N3O4S. The summed E-state index contributed by atoms with van der Waals surface area (Å²) in [6.07, 6.45) is 6.42. The maximum Gasteiger partial charge on any atom is 0.272 e. The Bertz CT molecular complexity index is 1250. The first-order valence-electron chi connectivity index (χ1n) is 7.79. The van der Waals surface area contributed by atoms with Crippen molar-refractivity contribution in [2.45, 2.75) is 0 Å². The average molecular weight is 381 g/mol. The van der Waals surface area contributed by atoms with Gasteiger partial charge in [0.15, 0.2) is 5.43 Å². The number of benzene rings is 2. The van der Waals surface area contributed by atoms with Crippen molar-refractivity contribution in [2.24, 2.45) is 0 Å². The highest BCUT2D eigenvalue weighted by Gasteiger charge is 2.14. The minimum Gasteiger partial charge on any atom is -0.349 e. The molecule has 0 spiro atoms. The minimum absolute atomic E-state index is 0.0259. The lowest BCUT2D eigenvalue weighted by atomic mass is 10.1. The highest BCUT2D eigenvalue weighted by molar-refractivity contribution is 7.92. The monoisotopic (exact) mass is 381 g/mol. The van der Waals surface area contributed by atoms with E-state index in [1.54, 1.807) is 30.3 Å². The van der Waals surface area contributed by atoms with Crippen LogP contribution >= 0.6 is 0 Å². The minimum atomic E-state index is -3.57. The van der Waals surface area contributed by atoms with Crippen LogP contribution in [0.3, 0.4) is 0 Å². The number of nitrogens with one attached hydrogen (secondary N) is 3. The van der Waals surface area contributed by atoms with E-state index in [1.807, 2.05) is 0 Å². The van der Waals surface area contributed by atoms with Gasteiger partial charge in [-0.15, -0.1) is 6.42 Å².